The summed E-state index contributed by atoms with van der Waals surface area (Å²) in [6.07, 6.45) is 5.41. The van der Waals surface area contributed by atoms with Gasteiger partial charge in [0.2, 0.25) is 0 Å². The molecule has 0 aromatic heterocycles. The third kappa shape index (κ3) is 6.91. The van der Waals surface area contributed by atoms with Gasteiger partial charge in [-0.2, -0.15) is 0 Å². The van der Waals surface area contributed by atoms with Crippen molar-refractivity contribution in [2.24, 2.45) is 0 Å². The SMILES string of the molecule is COC(=O)Cc1ccc(OCc2ccccc2C)c(/C=C\CCN(C)C)c1. The summed E-state index contributed by atoms with van der Waals surface area (Å²) in [4.78, 5) is 13.7. The molecule has 0 fully saturated rings. The Kier molecular flexibility index (Phi) is 8.08. The third-order valence-corrected chi connectivity index (χ3v) is 4.34. The summed E-state index contributed by atoms with van der Waals surface area (Å²) in [7, 11) is 5.52. The van der Waals surface area contributed by atoms with Gasteiger partial charge in [-0.05, 0) is 56.3 Å². The van der Waals surface area contributed by atoms with Crippen LogP contribution in [0.4, 0.5) is 0 Å². The number of hydrogen-bond donors (Lipinski definition) is 0. The van der Waals surface area contributed by atoms with Crippen molar-refractivity contribution in [1.82, 2.24) is 4.90 Å². The van der Waals surface area contributed by atoms with Crippen molar-refractivity contribution in [3.63, 3.8) is 0 Å². The van der Waals surface area contributed by atoms with Crippen LogP contribution in [0.1, 0.15) is 28.7 Å². The van der Waals surface area contributed by atoms with Gasteiger partial charge in [0.05, 0.1) is 13.5 Å². The smallest absolute Gasteiger partial charge is 0.309 e. The molecule has 4 nitrogen and oxygen atoms in total. The molecule has 0 heterocycles. The van der Waals surface area contributed by atoms with E-state index in [0.29, 0.717) is 6.61 Å². The van der Waals surface area contributed by atoms with Crippen LogP contribution in [-0.2, 0) is 22.6 Å². The maximum absolute atomic E-state index is 11.6. The standard InChI is InChI=1S/C23H29NO3/c1-18-9-5-6-11-21(18)17-27-22-13-12-19(16-23(25)26-4)15-20(22)10-7-8-14-24(2)3/h5-7,9-13,15H,8,14,16-17H2,1-4H3/b10-7-. The van der Waals surface area contributed by atoms with E-state index in [2.05, 4.69) is 50.2 Å². The Bertz CT molecular complexity index is 781. The van der Waals surface area contributed by atoms with Gasteiger partial charge in [0.1, 0.15) is 12.4 Å². The lowest BCUT2D eigenvalue weighted by Crippen LogP contribution is -2.11. The Morgan fingerprint density at radius 2 is 1.93 bits per heavy atom. The lowest BCUT2D eigenvalue weighted by Gasteiger charge is -2.13. The number of ether oxygens (including phenoxy) is 2. The van der Waals surface area contributed by atoms with E-state index in [-0.39, 0.29) is 12.4 Å². The second-order valence-corrected chi connectivity index (χ2v) is 6.83. The number of methoxy groups -OCH3 is 1. The van der Waals surface area contributed by atoms with Crippen LogP contribution in [0.3, 0.4) is 0 Å². The van der Waals surface area contributed by atoms with Gasteiger partial charge in [0.15, 0.2) is 0 Å². The molecule has 2 aromatic rings. The summed E-state index contributed by atoms with van der Waals surface area (Å²) in [5, 5.41) is 0. The number of benzene rings is 2. The lowest BCUT2D eigenvalue weighted by atomic mass is 10.1. The van der Waals surface area contributed by atoms with Crippen molar-refractivity contribution < 1.29 is 14.3 Å². The molecule has 0 atom stereocenters. The lowest BCUT2D eigenvalue weighted by molar-refractivity contribution is -0.139. The zero-order valence-electron chi connectivity index (χ0n) is 16.7. The number of rotatable bonds is 9. The predicted molar refractivity (Wildman–Crippen MR) is 110 cm³/mol. The molecule has 0 saturated carbocycles. The largest absolute Gasteiger partial charge is 0.488 e. The minimum absolute atomic E-state index is 0.244. The number of hydrogen-bond acceptors (Lipinski definition) is 4. The fourth-order valence-corrected chi connectivity index (χ4v) is 2.68. The molecule has 0 aliphatic heterocycles. The van der Waals surface area contributed by atoms with E-state index < -0.39 is 0 Å². The van der Waals surface area contributed by atoms with E-state index in [1.807, 2.05) is 30.3 Å². The Balaban J connectivity index is 2.17. The fourth-order valence-electron chi connectivity index (χ4n) is 2.68. The zero-order valence-corrected chi connectivity index (χ0v) is 16.7. The fraction of sp³-hybridized carbons (Fsp3) is 0.348. The molecule has 4 heteroatoms. The van der Waals surface area contributed by atoms with Crippen LogP contribution < -0.4 is 4.74 Å². The molecule has 0 bridgehead atoms. The van der Waals surface area contributed by atoms with E-state index in [0.717, 1.165) is 29.8 Å². The van der Waals surface area contributed by atoms with Crippen molar-refractivity contribution in [3.05, 3.63) is 70.8 Å². The summed E-state index contributed by atoms with van der Waals surface area (Å²) in [5.74, 6) is 0.569. The highest BCUT2D eigenvalue weighted by Gasteiger charge is 2.08. The monoisotopic (exact) mass is 367 g/mol. The normalized spacial score (nSPS) is 11.1. The highest BCUT2D eigenvalue weighted by Crippen LogP contribution is 2.24. The Morgan fingerprint density at radius 3 is 2.63 bits per heavy atom. The summed E-state index contributed by atoms with van der Waals surface area (Å²) < 4.78 is 10.9. The van der Waals surface area contributed by atoms with Crippen LogP contribution >= 0.6 is 0 Å². The molecule has 0 aliphatic carbocycles. The first-order valence-electron chi connectivity index (χ1n) is 9.18. The van der Waals surface area contributed by atoms with Gasteiger partial charge in [0.25, 0.3) is 0 Å². The molecule has 0 aliphatic rings. The minimum atomic E-state index is -0.244. The minimum Gasteiger partial charge on any atom is -0.488 e. The Morgan fingerprint density at radius 1 is 1.15 bits per heavy atom. The van der Waals surface area contributed by atoms with Crippen LogP contribution in [0.2, 0.25) is 0 Å². The number of carbonyl (C=O) groups is 1. The average molecular weight is 367 g/mol. The van der Waals surface area contributed by atoms with Crippen LogP contribution in [0.25, 0.3) is 6.08 Å². The van der Waals surface area contributed by atoms with Crippen LogP contribution in [-0.4, -0.2) is 38.6 Å². The maximum Gasteiger partial charge on any atom is 0.309 e. The van der Waals surface area contributed by atoms with Crippen molar-refractivity contribution >= 4 is 12.0 Å². The molecule has 0 saturated heterocycles. The number of carbonyl (C=O) groups excluding carboxylic acids is 1. The molecule has 0 unspecified atom stereocenters. The summed E-state index contributed by atoms with van der Waals surface area (Å²) >= 11 is 0. The van der Waals surface area contributed by atoms with Gasteiger partial charge < -0.3 is 14.4 Å². The highest BCUT2D eigenvalue weighted by atomic mass is 16.5. The molecular weight excluding hydrogens is 338 g/mol. The first-order valence-corrected chi connectivity index (χ1v) is 9.18. The molecule has 0 N–H and O–H groups in total. The second kappa shape index (κ2) is 10.5. The van der Waals surface area contributed by atoms with E-state index in [4.69, 9.17) is 9.47 Å². The molecule has 0 radical (unpaired) electrons. The zero-order chi connectivity index (χ0) is 19.6. The number of nitrogens with zero attached hydrogens (tertiary/aromatic N) is 1. The van der Waals surface area contributed by atoms with Gasteiger partial charge in [0, 0.05) is 12.1 Å². The first-order chi connectivity index (χ1) is 13.0. The van der Waals surface area contributed by atoms with Gasteiger partial charge in [-0.3, -0.25) is 4.79 Å². The molecule has 27 heavy (non-hydrogen) atoms. The van der Waals surface area contributed by atoms with Crippen molar-refractivity contribution in [2.75, 3.05) is 27.7 Å². The van der Waals surface area contributed by atoms with Gasteiger partial charge in [-0.1, -0.05) is 42.5 Å². The van der Waals surface area contributed by atoms with E-state index in [9.17, 15) is 4.79 Å². The molecule has 0 spiro atoms. The highest BCUT2D eigenvalue weighted by molar-refractivity contribution is 5.73. The molecule has 2 rings (SSSR count). The first kappa shape index (κ1) is 20.7. The molecular formula is C23H29NO3. The third-order valence-electron chi connectivity index (χ3n) is 4.34. The van der Waals surface area contributed by atoms with Crippen LogP contribution in [0.15, 0.2) is 48.5 Å². The molecule has 0 amide bonds. The summed E-state index contributed by atoms with van der Waals surface area (Å²) in [6, 6.07) is 14.1. The van der Waals surface area contributed by atoms with Crippen molar-refractivity contribution in [2.45, 2.75) is 26.4 Å². The Hall–Kier alpha value is -2.59. The quantitative estimate of drug-likeness (QED) is 0.621. The van der Waals surface area contributed by atoms with Gasteiger partial charge >= 0.3 is 5.97 Å². The average Bonchev–Trinajstić information content (AvgIpc) is 2.65. The van der Waals surface area contributed by atoms with Crippen LogP contribution in [0.5, 0.6) is 5.75 Å². The second-order valence-electron chi connectivity index (χ2n) is 6.83. The van der Waals surface area contributed by atoms with Crippen molar-refractivity contribution in [1.29, 1.82) is 0 Å². The van der Waals surface area contributed by atoms with Crippen molar-refractivity contribution in [3.8, 4) is 5.75 Å². The molecule has 2 aromatic carbocycles. The van der Waals surface area contributed by atoms with E-state index in [1.54, 1.807) is 0 Å². The molecule has 144 valence electrons. The topological polar surface area (TPSA) is 38.8 Å². The predicted octanol–water partition coefficient (Wildman–Crippen LogP) is 4.25. The maximum atomic E-state index is 11.6. The summed E-state index contributed by atoms with van der Waals surface area (Å²) in [6.45, 7) is 3.58. The van der Waals surface area contributed by atoms with Crippen LogP contribution in [0, 0.1) is 6.92 Å². The number of aryl methyl sites for hydroxylation is 1. The number of esters is 1. The summed E-state index contributed by atoms with van der Waals surface area (Å²) in [5.41, 5.74) is 4.27. The van der Waals surface area contributed by atoms with E-state index >= 15 is 0 Å². The Labute approximate surface area is 162 Å². The van der Waals surface area contributed by atoms with Gasteiger partial charge in [-0.25, -0.2) is 0 Å². The van der Waals surface area contributed by atoms with Gasteiger partial charge in [-0.15, -0.1) is 0 Å². The van der Waals surface area contributed by atoms with E-state index in [1.165, 1.54) is 18.2 Å².